The van der Waals surface area contributed by atoms with Crippen molar-refractivity contribution in [3.8, 4) is 0 Å². The Morgan fingerprint density at radius 2 is 1.95 bits per heavy atom. The minimum atomic E-state index is -0.823. The SMILES string of the molecule is O=C(O)Cc1ccc(Nc2ccccc2C2=NCCN2)cc1. The van der Waals surface area contributed by atoms with E-state index in [0.29, 0.717) is 0 Å². The fourth-order valence-electron chi connectivity index (χ4n) is 2.41. The van der Waals surface area contributed by atoms with E-state index in [1.54, 1.807) is 0 Å². The lowest BCUT2D eigenvalue weighted by Crippen LogP contribution is -2.20. The van der Waals surface area contributed by atoms with E-state index < -0.39 is 5.97 Å². The third-order valence-electron chi connectivity index (χ3n) is 3.44. The number of hydrogen-bond acceptors (Lipinski definition) is 4. The van der Waals surface area contributed by atoms with Gasteiger partial charge in [0.2, 0.25) is 0 Å². The van der Waals surface area contributed by atoms with Crippen LogP contribution in [0.2, 0.25) is 0 Å². The molecule has 1 aliphatic rings. The number of carboxylic acids is 1. The molecule has 0 aromatic heterocycles. The van der Waals surface area contributed by atoms with Gasteiger partial charge in [0.05, 0.1) is 13.0 Å². The highest BCUT2D eigenvalue weighted by Gasteiger charge is 2.12. The molecule has 3 rings (SSSR count). The summed E-state index contributed by atoms with van der Waals surface area (Å²) in [7, 11) is 0. The van der Waals surface area contributed by atoms with Crippen molar-refractivity contribution in [2.24, 2.45) is 4.99 Å². The van der Waals surface area contributed by atoms with Crippen LogP contribution < -0.4 is 10.6 Å². The molecule has 0 saturated heterocycles. The van der Waals surface area contributed by atoms with Crippen molar-refractivity contribution in [3.63, 3.8) is 0 Å². The quantitative estimate of drug-likeness (QED) is 0.792. The summed E-state index contributed by atoms with van der Waals surface area (Å²) < 4.78 is 0. The first-order chi connectivity index (χ1) is 10.7. The largest absolute Gasteiger partial charge is 0.481 e. The average molecular weight is 295 g/mol. The Bertz CT molecular complexity index is 708. The van der Waals surface area contributed by atoms with Gasteiger partial charge in [-0.2, -0.15) is 0 Å². The van der Waals surface area contributed by atoms with Crippen molar-refractivity contribution in [3.05, 3.63) is 59.7 Å². The molecule has 1 aliphatic heterocycles. The summed E-state index contributed by atoms with van der Waals surface area (Å²) in [5, 5.41) is 15.4. The molecule has 5 nitrogen and oxygen atoms in total. The number of aliphatic carboxylic acids is 1. The molecule has 0 fully saturated rings. The molecule has 2 aromatic rings. The van der Waals surface area contributed by atoms with E-state index in [4.69, 9.17) is 5.11 Å². The van der Waals surface area contributed by atoms with Crippen molar-refractivity contribution in [2.45, 2.75) is 6.42 Å². The lowest BCUT2D eigenvalue weighted by atomic mass is 10.1. The van der Waals surface area contributed by atoms with Crippen LogP contribution in [0.25, 0.3) is 0 Å². The van der Waals surface area contributed by atoms with Crippen LogP contribution in [0.4, 0.5) is 11.4 Å². The topological polar surface area (TPSA) is 73.7 Å². The molecule has 0 radical (unpaired) electrons. The number of carboxylic acid groups (broad SMARTS) is 1. The highest BCUT2D eigenvalue weighted by atomic mass is 16.4. The molecule has 0 aliphatic carbocycles. The summed E-state index contributed by atoms with van der Waals surface area (Å²) in [5.74, 6) is 0.0852. The lowest BCUT2D eigenvalue weighted by Gasteiger charge is -2.12. The zero-order chi connectivity index (χ0) is 15.4. The van der Waals surface area contributed by atoms with Gasteiger partial charge < -0.3 is 15.7 Å². The van der Waals surface area contributed by atoms with Crippen LogP contribution in [0.1, 0.15) is 11.1 Å². The monoisotopic (exact) mass is 295 g/mol. The van der Waals surface area contributed by atoms with Gasteiger partial charge in [-0.15, -0.1) is 0 Å². The summed E-state index contributed by atoms with van der Waals surface area (Å²) in [4.78, 5) is 15.2. The second kappa shape index (κ2) is 6.30. The Morgan fingerprint density at radius 1 is 1.18 bits per heavy atom. The fourth-order valence-corrected chi connectivity index (χ4v) is 2.41. The standard InChI is InChI=1S/C17H17N3O2/c21-16(22)11-12-5-7-13(8-6-12)20-15-4-2-1-3-14(15)17-18-9-10-19-17/h1-8,20H,9-11H2,(H,18,19)(H,21,22). The zero-order valence-electron chi connectivity index (χ0n) is 12.0. The second-order valence-corrected chi connectivity index (χ2v) is 5.10. The highest BCUT2D eigenvalue weighted by Crippen LogP contribution is 2.22. The Labute approximate surface area is 128 Å². The average Bonchev–Trinajstić information content (AvgIpc) is 3.03. The number of rotatable bonds is 5. The minimum absolute atomic E-state index is 0.0393. The molecule has 0 spiro atoms. The van der Waals surface area contributed by atoms with E-state index in [2.05, 4.69) is 15.6 Å². The Hall–Kier alpha value is -2.82. The maximum atomic E-state index is 10.7. The van der Waals surface area contributed by atoms with Crippen molar-refractivity contribution in [1.82, 2.24) is 5.32 Å². The maximum Gasteiger partial charge on any atom is 0.307 e. The number of carbonyl (C=O) groups is 1. The molecule has 3 N–H and O–H groups in total. The Kier molecular flexibility index (Phi) is 4.05. The van der Waals surface area contributed by atoms with E-state index in [0.717, 1.165) is 41.4 Å². The summed E-state index contributed by atoms with van der Waals surface area (Å²) in [6.45, 7) is 1.67. The predicted molar refractivity (Wildman–Crippen MR) is 86.9 cm³/mol. The first kappa shape index (κ1) is 14.1. The normalized spacial score (nSPS) is 13.4. The molecule has 112 valence electrons. The van der Waals surface area contributed by atoms with Gasteiger partial charge >= 0.3 is 5.97 Å². The number of para-hydroxylation sites is 1. The number of nitrogens with zero attached hydrogens (tertiary/aromatic N) is 1. The molecule has 5 heteroatoms. The van der Waals surface area contributed by atoms with Crippen LogP contribution >= 0.6 is 0 Å². The molecular weight excluding hydrogens is 278 g/mol. The first-order valence-electron chi connectivity index (χ1n) is 7.18. The van der Waals surface area contributed by atoms with Gasteiger partial charge in [-0.25, -0.2) is 0 Å². The van der Waals surface area contributed by atoms with E-state index in [1.165, 1.54) is 0 Å². The van der Waals surface area contributed by atoms with Gasteiger partial charge in [0, 0.05) is 23.5 Å². The van der Waals surface area contributed by atoms with Gasteiger partial charge in [-0.3, -0.25) is 9.79 Å². The number of hydrogen-bond donors (Lipinski definition) is 3. The van der Waals surface area contributed by atoms with E-state index in [-0.39, 0.29) is 6.42 Å². The van der Waals surface area contributed by atoms with Crippen molar-refractivity contribution < 1.29 is 9.90 Å². The van der Waals surface area contributed by atoms with Crippen LogP contribution in [-0.4, -0.2) is 30.0 Å². The summed E-state index contributed by atoms with van der Waals surface area (Å²) in [5.41, 5.74) is 3.71. The molecule has 2 aromatic carbocycles. The van der Waals surface area contributed by atoms with E-state index in [9.17, 15) is 4.79 Å². The van der Waals surface area contributed by atoms with Gasteiger partial charge in [0.15, 0.2) is 0 Å². The predicted octanol–water partition coefficient (Wildman–Crippen LogP) is 2.41. The molecule has 0 saturated carbocycles. The van der Waals surface area contributed by atoms with Crippen LogP contribution in [-0.2, 0) is 11.2 Å². The molecule has 0 bridgehead atoms. The molecule has 22 heavy (non-hydrogen) atoms. The summed E-state index contributed by atoms with van der Waals surface area (Å²) in [6, 6.07) is 15.4. The van der Waals surface area contributed by atoms with Crippen LogP contribution in [0.5, 0.6) is 0 Å². The number of nitrogens with one attached hydrogen (secondary N) is 2. The highest BCUT2D eigenvalue weighted by molar-refractivity contribution is 6.04. The van der Waals surface area contributed by atoms with Crippen LogP contribution in [0.3, 0.4) is 0 Å². The number of anilines is 2. The third kappa shape index (κ3) is 3.25. The van der Waals surface area contributed by atoms with Crippen LogP contribution in [0, 0.1) is 0 Å². The Balaban J connectivity index is 1.80. The molecule has 0 amide bonds. The minimum Gasteiger partial charge on any atom is -0.481 e. The van der Waals surface area contributed by atoms with Gasteiger partial charge in [0.1, 0.15) is 5.84 Å². The van der Waals surface area contributed by atoms with Crippen molar-refractivity contribution in [1.29, 1.82) is 0 Å². The van der Waals surface area contributed by atoms with E-state index >= 15 is 0 Å². The first-order valence-corrected chi connectivity index (χ1v) is 7.18. The summed E-state index contributed by atoms with van der Waals surface area (Å²) in [6.07, 6.45) is 0.0393. The lowest BCUT2D eigenvalue weighted by molar-refractivity contribution is -0.136. The summed E-state index contributed by atoms with van der Waals surface area (Å²) >= 11 is 0. The molecule has 0 unspecified atom stereocenters. The van der Waals surface area contributed by atoms with Gasteiger partial charge in [-0.05, 0) is 29.8 Å². The molecule has 0 atom stereocenters. The molecule has 1 heterocycles. The smallest absolute Gasteiger partial charge is 0.307 e. The Morgan fingerprint density at radius 3 is 2.64 bits per heavy atom. The van der Waals surface area contributed by atoms with Gasteiger partial charge in [0.25, 0.3) is 0 Å². The fraction of sp³-hybridized carbons (Fsp3) is 0.176. The van der Waals surface area contributed by atoms with Gasteiger partial charge in [-0.1, -0.05) is 24.3 Å². The number of amidine groups is 1. The number of aliphatic imine (C=N–C) groups is 1. The maximum absolute atomic E-state index is 10.7. The van der Waals surface area contributed by atoms with Crippen molar-refractivity contribution >= 4 is 23.2 Å². The second-order valence-electron chi connectivity index (χ2n) is 5.10. The number of benzene rings is 2. The molecular formula is C17H17N3O2. The zero-order valence-corrected chi connectivity index (χ0v) is 12.0. The van der Waals surface area contributed by atoms with Crippen LogP contribution in [0.15, 0.2) is 53.5 Å². The van der Waals surface area contributed by atoms with E-state index in [1.807, 2.05) is 48.5 Å². The third-order valence-corrected chi connectivity index (χ3v) is 3.44. The van der Waals surface area contributed by atoms with Crippen molar-refractivity contribution in [2.75, 3.05) is 18.4 Å².